The van der Waals surface area contributed by atoms with Crippen LogP contribution in [0.5, 0.6) is 0 Å². The molecule has 3 N–H and O–H groups in total. The van der Waals surface area contributed by atoms with Gasteiger partial charge in [-0.15, -0.1) is 0 Å². The van der Waals surface area contributed by atoms with E-state index in [1.807, 2.05) is 7.05 Å². The normalized spacial score (nSPS) is 18.9. The maximum absolute atomic E-state index is 13.3. The highest BCUT2D eigenvalue weighted by atomic mass is 35.5. The van der Waals surface area contributed by atoms with Crippen LogP contribution in [0.2, 0.25) is 5.02 Å². The van der Waals surface area contributed by atoms with Crippen LogP contribution in [0.1, 0.15) is 66.6 Å². The summed E-state index contributed by atoms with van der Waals surface area (Å²) in [5, 5.41) is 14.8. The average molecular weight is 518 g/mol. The lowest BCUT2D eigenvalue weighted by molar-refractivity contribution is -0.137. The molecule has 3 rings (SSSR count). The Bertz CT molecular complexity index is 937. The highest BCUT2D eigenvalue weighted by Gasteiger charge is 2.35. The highest BCUT2D eigenvalue weighted by molar-refractivity contribution is 6.31. The fourth-order valence-corrected chi connectivity index (χ4v) is 4.48. The van der Waals surface area contributed by atoms with Crippen molar-refractivity contribution in [2.45, 2.75) is 51.2 Å². The Labute approximate surface area is 208 Å². The van der Waals surface area contributed by atoms with Gasteiger partial charge in [0.1, 0.15) is 11.6 Å². The van der Waals surface area contributed by atoms with Crippen molar-refractivity contribution < 1.29 is 27.5 Å². The molecule has 194 valence electrons. The number of carbonyl (C=O) groups is 1. The molecule has 0 radical (unpaired) electrons. The summed E-state index contributed by atoms with van der Waals surface area (Å²) >= 11 is 5.94. The molecule has 35 heavy (non-hydrogen) atoms. The van der Waals surface area contributed by atoms with Gasteiger partial charge in [-0.25, -0.2) is 9.37 Å². The number of aliphatic hydroxyl groups excluding tert-OH is 1. The Balaban J connectivity index is 0.000000303. The summed E-state index contributed by atoms with van der Waals surface area (Å²) in [7, 11) is 2.03. The maximum atomic E-state index is 13.3. The second-order valence-corrected chi connectivity index (χ2v) is 9.18. The smallest absolute Gasteiger partial charge is 0.396 e. The van der Waals surface area contributed by atoms with Crippen LogP contribution in [0.15, 0.2) is 30.5 Å². The number of anilines is 1. The van der Waals surface area contributed by atoms with Crippen molar-refractivity contribution in [2.75, 3.05) is 25.5 Å². The van der Waals surface area contributed by atoms with Crippen LogP contribution in [0.3, 0.4) is 0 Å². The van der Waals surface area contributed by atoms with Crippen molar-refractivity contribution in [3.8, 4) is 0 Å². The van der Waals surface area contributed by atoms with Gasteiger partial charge in [-0.3, -0.25) is 4.79 Å². The Hall–Kier alpha value is -2.23. The van der Waals surface area contributed by atoms with Crippen LogP contribution in [0, 0.1) is 17.7 Å². The Morgan fingerprint density at radius 2 is 1.86 bits per heavy atom. The summed E-state index contributed by atoms with van der Waals surface area (Å²) in [6.07, 6.45) is 2.98. The minimum atomic E-state index is -4.69. The van der Waals surface area contributed by atoms with E-state index in [0.717, 1.165) is 36.6 Å². The van der Waals surface area contributed by atoms with Gasteiger partial charge >= 0.3 is 6.18 Å². The first-order valence-corrected chi connectivity index (χ1v) is 12.0. The van der Waals surface area contributed by atoms with Crippen LogP contribution >= 0.6 is 11.6 Å². The number of hydrogen-bond acceptors (Lipinski definition) is 5. The monoisotopic (exact) mass is 517 g/mol. The molecule has 0 saturated heterocycles. The van der Waals surface area contributed by atoms with E-state index >= 15 is 0 Å². The van der Waals surface area contributed by atoms with Crippen LogP contribution in [0.25, 0.3) is 0 Å². The second kappa shape index (κ2) is 13.8. The number of hydrogen-bond donors (Lipinski definition) is 3. The van der Waals surface area contributed by atoms with Gasteiger partial charge in [0.25, 0.3) is 0 Å². The van der Waals surface area contributed by atoms with E-state index in [1.54, 1.807) is 0 Å². The molecule has 0 spiro atoms. The molecule has 0 bridgehead atoms. The summed E-state index contributed by atoms with van der Waals surface area (Å²) in [5.41, 5.74) is -0.984. The lowest BCUT2D eigenvalue weighted by Crippen LogP contribution is -2.24. The summed E-state index contributed by atoms with van der Waals surface area (Å²) in [6, 6.07) is 3.57. The number of aliphatic hydroxyl groups is 1. The zero-order chi connectivity index (χ0) is 26.0. The zero-order valence-electron chi connectivity index (χ0n) is 19.8. The Kier molecular flexibility index (Phi) is 11.4. The van der Waals surface area contributed by atoms with Gasteiger partial charge in [0.15, 0.2) is 6.29 Å². The Morgan fingerprint density at radius 1 is 1.20 bits per heavy atom. The van der Waals surface area contributed by atoms with Crippen molar-refractivity contribution in [2.24, 2.45) is 11.8 Å². The van der Waals surface area contributed by atoms with Gasteiger partial charge in [0, 0.05) is 23.4 Å². The number of alkyl halides is 3. The van der Waals surface area contributed by atoms with E-state index in [4.69, 9.17) is 16.7 Å². The fraction of sp³-hybridized carbons (Fsp3) is 0.520. The highest BCUT2D eigenvalue weighted by Crippen LogP contribution is 2.36. The standard InChI is InChI=1S/C15H11ClF4N2O.C10H21NO/c1-8(11-5-10(17)2-3-13(11)16)22-14-12(15(18,19)20)4-9(7-23)6-21-14;1-11-8-10-4-2-9(3-5-10)6-7-12/h2-8H,1H3,(H,21,22);9-12H,2-8H2,1H3/t8-;/m0./s1. The number of halogens is 5. The minimum Gasteiger partial charge on any atom is -0.396 e. The van der Waals surface area contributed by atoms with E-state index in [0.29, 0.717) is 18.2 Å². The predicted molar refractivity (Wildman–Crippen MR) is 129 cm³/mol. The van der Waals surface area contributed by atoms with Gasteiger partial charge in [-0.1, -0.05) is 24.4 Å². The van der Waals surface area contributed by atoms with Crippen molar-refractivity contribution in [1.82, 2.24) is 10.3 Å². The van der Waals surface area contributed by atoms with Gasteiger partial charge in [-0.05, 0) is 81.4 Å². The third kappa shape index (κ3) is 9.05. The van der Waals surface area contributed by atoms with Crippen molar-refractivity contribution >= 4 is 23.7 Å². The molecule has 5 nitrogen and oxygen atoms in total. The molecule has 0 unspecified atom stereocenters. The molecule has 0 amide bonds. The van der Waals surface area contributed by atoms with Crippen LogP contribution in [0.4, 0.5) is 23.4 Å². The number of pyridine rings is 1. The first-order valence-electron chi connectivity index (χ1n) is 11.6. The first-order chi connectivity index (χ1) is 16.6. The number of benzene rings is 1. The lowest BCUT2D eigenvalue weighted by atomic mass is 9.81. The molecule has 10 heteroatoms. The second-order valence-electron chi connectivity index (χ2n) is 8.77. The van der Waals surface area contributed by atoms with Gasteiger partial charge < -0.3 is 15.7 Å². The van der Waals surface area contributed by atoms with E-state index in [9.17, 15) is 22.4 Å². The molecule has 1 fully saturated rings. The van der Waals surface area contributed by atoms with Crippen LogP contribution < -0.4 is 10.6 Å². The molecule has 0 aliphatic heterocycles. The van der Waals surface area contributed by atoms with Crippen molar-refractivity contribution in [1.29, 1.82) is 0 Å². The van der Waals surface area contributed by atoms with E-state index in [-0.39, 0.29) is 16.9 Å². The van der Waals surface area contributed by atoms with Gasteiger partial charge in [0.05, 0.1) is 11.6 Å². The van der Waals surface area contributed by atoms with Gasteiger partial charge in [-0.2, -0.15) is 13.2 Å². The predicted octanol–water partition coefficient (Wildman–Crippen LogP) is 6.27. The van der Waals surface area contributed by atoms with Crippen LogP contribution in [-0.2, 0) is 6.18 Å². The lowest BCUT2D eigenvalue weighted by Gasteiger charge is -2.27. The van der Waals surface area contributed by atoms with E-state index in [2.05, 4.69) is 15.6 Å². The molecule has 2 aromatic rings. The average Bonchev–Trinajstić information content (AvgIpc) is 2.82. The number of aldehydes is 1. The maximum Gasteiger partial charge on any atom is 0.419 e. The summed E-state index contributed by atoms with van der Waals surface area (Å²) in [5.74, 6) is 0.683. The Morgan fingerprint density at radius 3 is 2.43 bits per heavy atom. The largest absolute Gasteiger partial charge is 0.419 e. The fourth-order valence-electron chi connectivity index (χ4n) is 4.20. The summed E-state index contributed by atoms with van der Waals surface area (Å²) in [4.78, 5) is 14.3. The molecule has 1 atom stereocenters. The van der Waals surface area contributed by atoms with Crippen molar-refractivity contribution in [3.63, 3.8) is 0 Å². The molecular weight excluding hydrogens is 486 g/mol. The summed E-state index contributed by atoms with van der Waals surface area (Å²) < 4.78 is 52.5. The summed E-state index contributed by atoms with van der Waals surface area (Å²) in [6.45, 7) is 3.07. The molecule has 1 aliphatic rings. The number of carbonyl (C=O) groups excluding carboxylic acids is 1. The van der Waals surface area contributed by atoms with E-state index < -0.39 is 29.4 Å². The van der Waals surface area contributed by atoms with Gasteiger partial charge in [0.2, 0.25) is 0 Å². The quantitative estimate of drug-likeness (QED) is 0.284. The van der Waals surface area contributed by atoms with E-state index in [1.165, 1.54) is 45.2 Å². The first kappa shape index (κ1) is 29.0. The number of nitrogens with zero attached hydrogens (tertiary/aromatic N) is 1. The number of nitrogens with one attached hydrogen (secondary N) is 2. The SMILES string of the molecule is CNCC1CCC(CCO)CC1.C[C@H](Nc1ncc(C=O)cc1C(F)(F)F)c1cc(F)ccc1Cl. The molecule has 1 aromatic heterocycles. The minimum absolute atomic E-state index is 0.195. The molecule has 1 heterocycles. The zero-order valence-corrected chi connectivity index (χ0v) is 20.6. The third-order valence-corrected chi connectivity index (χ3v) is 6.47. The molecule has 1 saturated carbocycles. The van der Waals surface area contributed by atoms with Crippen molar-refractivity contribution in [3.05, 3.63) is 58.0 Å². The van der Waals surface area contributed by atoms with Crippen LogP contribution in [-0.4, -0.2) is 36.6 Å². The topological polar surface area (TPSA) is 74.2 Å². The number of aromatic nitrogens is 1. The number of rotatable bonds is 8. The molecular formula is C25H32ClF4N3O2. The third-order valence-electron chi connectivity index (χ3n) is 6.12. The molecule has 1 aromatic carbocycles. The molecule has 1 aliphatic carbocycles.